The molecule has 1 amide bonds. The number of ether oxygens (including phenoxy) is 1. The lowest BCUT2D eigenvalue weighted by molar-refractivity contribution is -0.140. The average molecular weight is 428 g/mol. The maximum atomic E-state index is 13.9. The van der Waals surface area contributed by atoms with Crippen LogP contribution in [-0.4, -0.2) is 42.7 Å². The Morgan fingerprint density at radius 3 is 2.60 bits per heavy atom. The summed E-state index contributed by atoms with van der Waals surface area (Å²) in [5.41, 5.74) is -1.99. The molecule has 2 N–H and O–H groups in total. The Bertz CT molecular complexity index is 971. The number of H-pyrrole nitrogens is 1. The van der Waals surface area contributed by atoms with E-state index in [1.807, 2.05) is 4.90 Å². The molecule has 7 nitrogen and oxygen atoms in total. The highest BCUT2D eigenvalue weighted by molar-refractivity contribution is 5.92. The van der Waals surface area contributed by atoms with Gasteiger partial charge in [0.1, 0.15) is 11.5 Å². The standard InChI is InChI=1S/C19H20F4N4O3/c1-30-10-15(11-4-5-12(13(20)8-11)19(21,22)23)24-17(29)14-9-16(28)26-18(25-14)27-6-2-3-7-27/h4-5,8-9,15H,2-3,6-7,10H2,1H3,(H,24,29)(H,25,26,28). The van der Waals surface area contributed by atoms with E-state index in [4.69, 9.17) is 4.74 Å². The maximum absolute atomic E-state index is 13.9. The number of aromatic amines is 1. The zero-order valence-electron chi connectivity index (χ0n) is 16.1. The number of hydrogen-bond acceptors (Lipinski definition) is 5. The van der Waals surface area contributed by atoms with E-state index in [9.17, 15) is 27.2 Å². The number of methoxy groups -OCH3 is 1. The molecule has 0 spiro atoms. The van der Waals surface area contributed by atoms with Crippen molar-refractivity contribution < 1.29 is 27.1 Å². The molecule has 1 fully saturated rings. The SMILES string of the molecule is COCC(NC(=O)c1cc(=O)[nH]c(N2CCCC2)n1)c1ccc(C(F)(F)F)c(F)c1. The number of anilines is 1. The van der Waals surface area contributed by atoms with E-state index >= 15 is 0 Å². The van der Waals surface area contributed by atoms with Crippen LogP contribution in [0.4, 0.5) is 23.5 Å². The highest BCUT2D eigenvalue weighted by atomic mass is 19.4. The number of nitrogens with zero attached hydrogens (tertiary/aromatic N) is 2. The van der Waals surface area contributed by atoms with Crippen LogP contribution in [0.2, 0.25) is 0 Å². The second-order valence-electron chi connectivity index (χ2n) is 6.87. The number of nitrogens with one attached hydrogen (secondary N) is 2. The van der Waals surface area contributed by atoms with Crippen molar-refractivity contribution >= 4 is 11.9 Å². The van der Waals surface area contributed by atoms with Gasteiger partial charge < -0.3 is 15.0 Å². The lowest BCUT2D eigenvalue weighted by Gasteiger charge is -2.20. The summed E-state index contributed by atoms with van der Waals surface area (Å²) in [6.07, 6.45) is -2.95. The predicted octanol–water partition coefficient (Wildman–Crippen LogP) is 2.65. The number of alkyl halides is 3. The molecule has 0 aliphatic carbocycles. The van der Waals surface area contributed by atoms with Crippen LogP contribution in [0.15, 0.2) is 29.1 Å². The average Bonchev–Trinajstić information content (AvgIpc) is 3.21. The summed E-state index contributed by atoms with van der Waals surface area (Å²) < 4.78 is 57.3. The quantitative estimate of drug-likeness (QED) is 0.691. The van der Waals surface area contributed by atoms with Crippen LogP contribution in [0, 0.1) is 5.82 Å². The molecule has 2 aromatic rings. The van der Waals surface area contributed by atoms with E-state index in [0.29, 0.717) is 25.2 Å². The normalized spacial score (nSPS) is 15.3. The minimum atomic E-state index is -4.83. The van der Waals surface area contributed by atoms with Gasteiger partial charge in [-0.2, -0.15) is 13.2 Å². The second-order valence-corrected chi connectivity index (χ2v) is 6.87. The van der Waals surface area contributed by atoms with E-state index in [-0.39, 0.29) is 23.8 Å². The number of halogens is 4. The third kappa shape index (κ3) is 4.96. The summed E-state index contributed by atoms with van der Waals surface area (Å²) >= 11 is 0. The molecule has 1 saturated heterocycles. The molecule has 11 heteroatoms. The molecule has 1 aromatic carbocycles. The summed E-state index contributed by atoms with van der Waals surface area (Å²) in [4.78, 5) is 33.2. The van der Waals surface area contributed by atoms with Crippen LogP contribution in [0.3, 0.4) is 0 Å². The van der Waals surface area contributed by atoms with Gasteiger partial charge in [0.25, 0.3) is 11.5 Å². The van der Waals surface area contributed by atoms with Crippen molar-refractivity contribution in [2.45, 2.75) is 25.1 Å². The Labute approximate surface area is 169 Å². The molecular formula is C19H20F4N4O3. The van der Waals surface area contributed by atoms with Crippen molar-refractivity contribution in [1.82, 2.24) is 15.3 Å². The van der Waals surface area contributed by atoms with Gasteiger partial charge in [0.15, 0.2) is 0 Å². The first-order valence-corrected chi connectivity index (χ1v) is 9.22. The topological polar surface area (TPSA) is 87.3 Å². The third-order valence-corrected chi connectivity index (χ3v) is 4.71. The molecule has 1 unspecified atom stereocenters. The van der Waals surface area contributed by atoms with Crippen molar-refractivity contribution in [1.29, 1.82) is 0 Å². The van der Waals surface area contributed by atoms with Crippen molar-refractivity contribution in [3.63, 3.8) is 0 Å². The first-order chi connectivity index (χ1) is 14.2. The fourth-order valence-electron chi connectivity index (χ4n) is 3.24. The molecule has 0 saturated carbocycles. The van der Waals surface area contributed by atoms with Gasteiger partial charge in [-0.3, -0.25) is 14.6 Å². The van der Waals surface area contributed by atoms with Crippen molar-refractivity contribution in [2.75, 3.05) is 31.7 Å². The van der Waals surface area contributed by atoms with Crippen LogP contribution in [0.1, 0.15) is 40.5 Å². The lowest BCUT2D eigenvalue weighted by atomic mass is 10.0. The smallest absolute Gasteiger partial charge is 0.382 e. The zero-order valence-corrected chi connectivity index (χ0v) is 16.1. The van der Waals surface area contributed by atoms with Crippen molar-refractivity contribution in [3.05, 3.63) is 57.3 Å². The Hall–Kier alpha value is -2.95. The Morgan fingerprint density at radius 1 is 1.30 bits per heavy atom. The summed E-state index contributed by atoms with van der Waals surface area (Å²) in [7, 11) is 1.33. The van der Waals surface area contributed by atoms with Gasteiger partial charge in [-0.25, -0.2) is 9.37 Å². The molecule has 1 aromatic heterocycles. The maximum Gasteiger partial charge on any atom is 0.419 e. The van der Waals surface area contributed by atoms with Gasteiger partial charge in [0, 0.05) is 26.3 Å². The Kier molecular flexibility index (Phi) is 6.40. The molecule has 0 radical (unpaired) electrons. The van der Waals surface area contributed by atoms with Gasteiger partial charge >= 0.3 is 6.18 Å². The molecule has 1 atom stereocenters. The van der Waals surface area contributed by atoms with Crippen molar-refractivity contribution in [2.24, 2.45) is 0 Å². The van der Waals surface area contributed by atoms with Crippen LogP contribution >= 0.6 is 0 Å². The summed E-state index contributed by atoms with van der Waals surface area (Å²) in [5.74, 6) is -1.92. The molecule has 1 aliphatic rings. The van der Waals surface area contributed by atoms with E-state index in [0.717, 1.165) is 25.0 Å². The number of carbonyl (C=O) groups excluding carboxylic acids is 1. The number of benzene rings is 1. The molecule has 0 bridgehead atoms. The highest BCUT2D eigenvalue weighted by Crippen LogP contribution is 2.32. The number of rotatable bonds is 6. The lowest BCUT2D eigenvalue weighted by Crippen LogP contribution is -2.34. The fraction of sp³-hybridized carbons (Fsp3) is 0.421. The number of hydrogen-bond donors (Lipinski definition) is 2. The van der Waals surface area contributed by atoms with E-state index in [1.54, 1.807) is 0 Å². The van der Waals surface area contributed by atoms with Gasteiger partial charge in [0.2, 0.25) is 5.95 Å². The number of amides is 1. The third-order valence-electron chi connectivity index (χ3n) is 4.71. The Balaban J connectivity index is 1.84. The van der Waals surface area contributed by atoms with Crippen LogP contribution < -0.4 is 15.8 Å². The highest BCUT2D eigenvalue weighted by Gasteiger charge is 2.34. The molecule has 2 heterocycles. The zero-order chi connectivity index (χ0) is 21.9. The minimum Gasteiger partial charge on any atom is -0.382 e. The van der Waals surface area contributed by atoms with Crippen LogP contribution in [0.25, 0.3) is 0 Å². The predicted molar refractivity (Wildman–Crippen MR) is 99.8 cm³/mol. The number of aromatic nitrogens is 2. The van der Waals surface area contributed by atoms with Crippen molar-refractivity contribution in [3.8, 4) is 0 Å². The molecule has 3 rings (SSSR count). The first kappa shape index (κ1) is 21.8. The van der Waals surface area contributed by atoms with Gasteiger partial charge in [-0.15, -0.1) is 0 Å². The van der Waals surface area contributed by atoms with Crippen LogP contribution in [-0.2, 0) is 10.9 Å². The van der Waals surface area contributed by atoms with E-state index in [2.05, 4.69) is 15.3 Å². The van der Waals surface area contributed by atoms with E-state index < -0.39 is 35.1 Å². The van der Waals surface area contributed by atoms with Gasteiger partial charge in [-0.1, -0.05) is 6.07 Å². The Morgan fingerprint density at radius 2 is 2.00 bits per heavy atom. The van der Waals surface area contributed by atoms with Crippen LogP contribution in [0.5, 0.6) is 0 Å². The number of carbonyl (C=O) groups is 1. The monoisotopic (exact) mass is 428 g/mol. The summed E-state index contributed by atoms with van der Waals surface area (Å²) in [5, 5.41) is 2.54. The van der Waals surface area contributed by atoms with Gasteiger partial charge in [-0.05, 0) is 30.5 Å². The summed E-state index contributed by atoms with van der Waals surface area (Å²) in [6.45, 7) is 1.27. The summed E-state index contributed by atoms with van der Waals surface area (Å²) in [6, 6.07) is 2.45. The molecule has 30 heavy (non-hydrogen) atoms. The second kappa shape index (κ2) is 8.82. The van der Waals surface area contributed by atoms with E-state index in [1.165, 1.54) is 7.11 Å². The molecule has 162 valence electrons. The minimum absolute atomic E-state index is 0.0836. The first-order valence-electron chi connectivity index (χ1n) is 9.22. The fourth-order valence-corrected chi connectivity index (χ4v) is 3.24. The molecular weight excluding hydrogens is 408 g/mol. The largest absolute Gasteiger partial charge is 0.419 e. The van der Waals surface area contributed by atoms with Gasteiger partial charge in [0.05, 0.1) is 18.2 Å². The molecule has 1 aliphatic heterocycles.